The van der Waals surface area contributed by atoms with E-state index in [0.717, 1.165) is 31.9 Å². The number of benzene rings is 1. The number of piperazine rings is 1. The van der Waals surface area contributed by atoms with Crippen LogP contribution in [0.1, 0.15) is 22.8 Å². The second-order valence-corrected chi connectivity index (χ2v) is 4.69. The maximum absolute atomic E-state index is 11.7. The standard InChI is InChI=1S/C14H17N3O/c1-11(18)13-4-3-12(10-15)9-14(13)17-7-5-16(2)6-8-17/h3-4,9H,5-8H2,1-2H3. The molecule has 1 saturated heterocycles. The van der Waals surface area contributed by atoms with E-state index in [4.69, 9.17) is 5.26 Å². The molecule has 4 heteroatoms. The molecule has 0 aliphatic carbocycles. The highest BCUT2D eigenvalue weighted by Crippen LogP contribution is 2.24. The maximum Gasteiger partial charge on any atom is 0.161 e. The number of carbonyl (C=O) groups excluding carboxylic acids is 1. The summed E-state index contributed by atoms with van der Waals surface area (Å²) < 4.78 is 0. The highest BCUT2D eigenvalue weighted by atomic mass is 16.1. The molecular weight excluding hydrogens is 226 g/mol. The molecule has 0 N–H and O–H groups in total. The summed E-state index contributed by atoms with van der Waals surface area (Å²) >= 11 is 0. The topological polar surface area (TPSA) is 47.3 Å². The van der Waals surface area contributed by atoms with Gasteiger partial charge in [-0.25, -0.2) is 0 Å². The first-order chi connectivity index (χ1) is 8.61. The van der Waals surface area contributed by atoms with Crippen molar-refractivity contribution < 1.29 is 4.79 Å². The zero-order valence-corrected chi connectivity index (χ0v) is 10.8. The van der Waals surface area contributed by atoms with Crippen molar-refractivity contribution in [3.63, 3.8) is 0 Å². The summed E-state index contributed by atoms with van der Waals surface area (Å²) in [4.78, 5) is 16.1. The van der Waals surface area contributed by atoms with Gasteiger partial charge in [0.25, 0.3) is 0 Å². The molecule has 1 fully saturated rings. The lowest BCUT2D eigenvalue weighted by atomic mass is 10.0. The van der Waals surface area contributed by atoms with Crippen molar-refractivity contribution in [1.82, 2.24) is 4.90 Å². The van der Waals surface area contributed by atoms with Crippen LogP contribution in [0.4, 0.5) is 5.69 Å². The first-order valence-electron chi connectivity index (χ1n) is 6.10. The number of nitriles is 1. The largest absolute Gasteiger partial charge is 0.368 e. The SMILES string of the molecule is CC(=O)c1ccc(C#N)cc1N1CCN(C)CC1. The van der Waals surface area contributed by atoms with Crippen LogP contribution in [0.2, 0.25) is 0 Å². The molecule has 0 saturated carbocycles. The number of anilines is 1. The van der Waals surface area contributed by atoms with Crippen LogP contribution in [0, 0.1) is 11.3 Å². The van der Waals surface area contributed by atoms with Gasteiger partial charge in [-0.3, -0.25) is 4.79 Å². The number of Topliss-reactive ketones (excluding diaryl/α,β-unsaturated/α-hetero) is 1. The molecule has 0 aromatic heterocycles. The van der Waals surface area contributed by atoms with Crippen LogP contribution >= 0.6 is 0 Å². The lowest BCUT2D eigenvalue weighted by Gasteiger charge is -2.35. The Kier molecular flexibility index (Phi) is 3.63. The minimum absolute atomic E-state index is 0.0495. The van der Waals surface area contributed by atoms with Crippen molar-refractivity contribution in [2.75, 3.05) is 38.1 Å². The predicted octanol–water partition coefficient (Wildman–Crippen LogP) is 1.51. The molecule has 1 aromatic rings. The van der Waals surface area contributed by atoms with Crippen LogP contribution in [0.15, 0.2) is 18.2 Å². The molecule has 0 spiro atoms. The average Bonchev–Trinajstić information content (AvgIpc) is 2.38. The van der Waals surface area contributed by atoms with Gasteiger partial charge in [0.05, 0.1) is 11.6 Å². The molecule has 0 radical (unpaired) electrons. The molecule has 4 nitrogen and oxygen atoms in total. The molecule has 94 valence electrons. The van der Waals surface area contributed by atoms with Crippen LogP contribution in [0.3, 0.4) is 0 Å². The van der Waals surface area contributed by atoms with E-state index in [2.05, 4.69) is 22.9 Å². The summed E-state index contributed by atoms with van der Waals surface area (Å²) in [7, 11) is 2.09. The normalized spacial score (nSPS) is 16.4. The molecule has 0 unspecified atom stereocenters. The predicted molar refractivity (Wildman–Crippen MR) is 70.9 cm³/mol. The van der Waals surface area contributed by atoms with Crippen LogP contribution in [0.5, 0.6) is 0 Å². The Balaban J connectivity index is 2.35. The fraction of sp³-hybridized carbons (Fsp3) is 0.429. The van der Waals surface area contributed by atoms with E-state index in [1.807, 2.05) is 6.07 Å². The monoisotopic (exact) mass is 243 g/mol. The number of hydrogen-bond donors (Lipinski definition) is 0. The van der Waals surface area contributed by atoms with Gasteiger partial charge in [0.2, 0.25) is 0 Å². The van der Waals surface area contributed by atoms with Crippen LogP contribution < -0.4 is 4.90 Å². The minimum Gasteiger partial charge on any atom is -0.368 e. The summed E-state index contributed by atoms with van der Waals surface area (Å²) in [5, 5.41) is 8.97. The molecule has 0 atom stereocenters. The fourth-order valence-corrected chi connectivity index (χ4v) is 2.21. The van der Waals surface area contributed by atoms with Crippen molar-refractivity contribution in [1.29, 1.82) is 5.26 Å². The number of nitrogens with zero attached hydrogens (tertiary/aromatic N) is 3. The van der Waals surface area contributed by atoms with Crippen LogP contribution in [0.25, 0.3) is 0 Å². The zero-order valence-electron chi connectivity index (χ0n) is 10.8. The summed E-state index contributed by atoms with van der Waals surface area (Å²) in [6, 6.07) is 7.42. The Morgan fingerprint density at radius 1 is 1.28 bits per heavy atom. The van der Waals surface area contributed by atoms with Gasteiger partial charge in [-0.05, 0) is 32.2 Å². The molecule has 1 aliphatic rings. The van der Waals surface area contributed by atoms with Crippen molar-refractivity contribution in [2.45, 2.75) is 6.92 Å². The van der Waals surface area contributed by atoms with Gasteiger partial charge >= 0.3 is 0 Å². The molecular formula is C14H17N3O. The van der Waals surface area contributed by atoms with E-state index in [1.54, 1.807) is 19.1 Å². The average molecular weight is 243 g/mol. The van der Waals surface area contributed by atoms with E-state index < -0.39 is 0 Å². The lowest BCUT2D eigenvalue weighted by molar-refractivity contribution is 0.101. The van der Waals surface area contributed by atoms with Crippen molar-refractivity contribution >= 4 is 11.5 Å². The van der Waals surface area contributed by atoms with Gasteiger partial charge in [-0.15, -0.1) is 0 Å². The molecule has 1 aliphatic heterocycles. The van der Waals surface area contributed by atoms with Gasteiger partial charge in [0, 0.05) is 37.4 Å². The number of rotatable bonds is 2. The molecule has 2 rings (SSSR count). The van der Waals surface area contributed by atoms with Gasteiger partial charge in [0.15, 0.2) is 5.78 Å². The Morgan fingerprint density at radius 2 is 1.94 bits per heavy atom. The van der Waals surface area contributed by atoms with Crippen molar-refractivity contribution in [3.05, 3.63) is 29.3 Å². The van der Waals surface area contributed by atoms with E-state index in [0.29, 0.717) is 11.1 Å². The Hall–Kier alpha value is -1.86. The Labute approximate surface area is 107 Å². The molecule has 1 heterocycles. The highest BCUT2D eigenvalue weighted by molar-refractivity contribution is 6.00. The quantitative estimate of drug-likeness (QED) is 0.739. The molecule has 0 bridgehead atoms. The number of likely N-dealkylation sites (N-methyl/N-ethyl adjacent to an activating group) is 1. The van der Waals surface area contributed by atoms with Crippen LogP contribution in [-0.2, 0) is 0 Å². The molecule has 0 amide bonds. The van der Waals surface area contributed by atoms with E-state index >= 15 is 0 Å². The maximum atomic E-state index is 11.7. The summed E-state index contributed by atoms with van der Waals surface area (Å²) in [5.41, 5.74) is 2.21. The van der Waals surface area contributed by atoms with Crippen molar-refractivity contribution in [2.24, 2.45) is 0 Å². The Bertz CT molecular complexity index is 496. The van der Waals surface area contributed by atoms with E-state index in [-0.39, 0.29) is 5.78 Å². The molecule has 18 heavy (non-hydrogen) atoms. The summed E-state index contributed by atoms with van der Waals surface area (Å²) in [6.45, 7) is 5.32. The smallest absolute Gasteiger partial charge is 0.161 e. The first kappa shape index (κ1) is 12.6. The van der Waals surface area contributed by atoms with Crippen molar-refractivity contribution in [3.8, 4) is 6.07 Å². The summed E-state index contributed by atoms with van der Waals surface area (Å²) in [6.07, 6.45) is 0. The van der Waals surface area contributed by atoms with E-state index in [1.165, 1.54) is 0 Å². The number of ketones is 1. The third-order valence-corrected chi connectivity index (χ3v) is 3.35. The first-order valence-corrected chi connectivity index (χ1v) is 6.10. The lowest BCUT2D eigenvalue weighted by Crippen LogP contribution is -2.45. The van der Waals surface area contributed by atoms with Gasteiger partial charge in [0.1, 0.15) is 0 Å². The van der Waals surface area contributed by atoms with E-state index in [9.17, 15) is 4.79 Å². The second kappa shape index (κ2) is 5.19. The van der Waals surface area contributed by atoms with Gasteiger partial charge < -0.3 is 9.80 Å². The third-order valence-electron chi connectivity index (χ3n) is 3.35. The Morgan fingerprint density at radius 3 is 2.50 bits per heavy atom. The number of carbonyl (C=O) groups is 1. The fourth-order valence-electron chi connectivity index (χ4n) is 2.21. The zero-order chi connectivity index (χ0) is 13.1. The minimum atomic E-state index is 0.0495. The number of hydrogen-bond acceptors (Lipinski definition) is 4. The third kappa shape index (κ3) is 2.52. The highest BCUT2D eigenvalue weighted by Gasteiger charge is 2.19. The van der Waals surface area contributed by atoms with Gasteiger partial charge in [-0.1, -0.05) is 0 Å². The van der Waals surface area contributed by atoms with Crippen LogP contribution in [-0.4, -0.2) is 43.9 Å². The molecule has 1 aromatic carbocycles. The second-order valence-electron chi connectivity index (χ2n) is 4.69. The summed E-state index contributed by atoms with van der Waals surface area (Å²) in [5.74, 6) is 0.0495. The van der Waals surface area contributed by atoms with Gasteiger partial charge in [-0.2, -0.15) is 5.26 Å².